The summed E-state index contributed by atoms with van der Waals surface area (Å²) in [5.41, 5.74) is 1.20. The number of aliphatic carboxylic acids is 1. The summed E-state index contributed by atoms with van der Waals surface area (Å²) in [6.07, 6.45) is 1.62. The third-order valence-electron chi connectivity index (χ3n) is 4.74. The van der Waals surface area contributed by atoms with Crippen molar-refractivity contribution in [3.63, 3.8) is 0 Å². The summed E-state index contributed by atoms with van der Waals surface area (Å²) in [7, 11) is 0. The van der Waals surface area contributed by atoms with Crippen LogP contribution in [0.25, 0.3) is 0 Å². The van der Waals surface area contributed by atoms with E-state index < -0.39 is 17.6 Å². The molecule has 0 aliphatic carbocycles. The number of phenols is 1. The fourth-order valence-corrected chi connectivity index (χ4v) is 4.13. The maximum absolute atomic E-state index is 14.2. The summed E-state index contributed by atoms with van der Waals surface area (Å²) in [6, 6.07) is 7.32. The van der Waals surface area contributed by atoms with Crippen molar-refractivity contribution in [2.45, 2.75) is 50.8 Å². The average Bonchev–Trinajstić information content (AvgIpc) is 2.74. The summed E-state index contributed by atoms with van der Waals surface area (Å²) in [5, 5.41) is 19.1. The van der Waals surface area contributed by atoms with Crippen LogP contribution in [0.4, 0.5) is 4.39 Å². The highest BCUT2D eigenvalue weighted by molar-refractivity contribution is 7.99. The number of phenolic OH excluding ortho intramolecular Hbond substituents is 1. The molecular weight excluding hydrogens is 435 g/mol. The highest BCUT2D eigenvalue weighted by Crippen LogP contribution is 2.34. The zero-order valence-electron chi connectivity index (χ0n) is 18.2. The van der Waals surface area contributed by atoms with Crippen LogP contribution in [0.15, 0.2) is 35.2 Å². The number of hydrogen-bond donors (Lipinski definition) is 2. The SMILES string of the molecule is CCCc1c(SCCCOc2ccc(C(=O)CCC(=O)O)cc2F)ccc(C(C)=O)c1O. The molecule has 0 radical (unpaired) electrons. The van der Waals surface area contributed by atoms with Gasteiger partial charge in [-0.05, 0) is 50.1 Å². The lowest BCUT2D eigenvalue weighted by molar-refractivity contribution is -0.136. The molecule has 0 unspecified atom stereocenters. The maximum atomic E-state index is 14.2. The number of carbonyl (C=O) groups is 3. The lowest BCUT2D eigenvalue weighted by atomic mass is 10.0. The number of carboxylic acid groups (broad SMARTS) is 1. The lowest BCUT2D eigenvalue weighted by Crippen LogP contribution is -2.05. The van der Waals surface area contributed by atoms with Gasteiger partial charge in [0.25, 0.3) is 0 Å². The number of aromatic hydroxyl groups is 1. The monoisotopic (exact) mass is 462 g/mol. The number of carbonyl (C=O) groups excluding carboxylic acids is 2. The van der Waals surface area contributed by atoms with Crippen LogP contribution in [0, 0.1) is 5.82 Å². The number of hydrogen-bond acceptors (Lipinski definition) is 6. The molecule has 0 heterocycles. The van der Waals surface area contributed by atoms with E-state index in [0.29, 0.717) is 24.2 Å². The van der Waals surface area contributed by atoms with Crippen molar-refractivity contribution < 1.29 is 33.7 Å². The summed E-state index contributed by atoms with van der Waals surface area (Å²) in [6.45, 7) is 3.69. The van der Waals surface area contributed by atoms with Crippen molar-refractivity contribution in [3.05, 3.63) is 52.8 Å². The van der Waals surface area contributed by atoms with E-state index in [1.165, 1.54) is 30.8 Å². The molecule has 0 atom stereocenters. The molecule has 0 aliphatic rings. The maximum Gasteiger partial charge on any atom is 0.303 e. The molecule has 2 N–H and O–H groups in total. The van der Waals surface area contributed by atoms with Crippen molar-refractivity contribution in [2.24, 2.45) is 0 Å². The standard InChI is InChI=1S/C24H27FO6S/c1-3-5-18-22(10-7-17(15(2)26)24(18)30)32-13-4-12-31-21-9-6-16(14-19(21)25)20(27)8-11-23(28)29/h6-7,9-10,14,30H,3-5,8,11-13H2,1-2H3,(H,28,29). The predicted octanol–water partition coefficient (Wildman–Crippen LogP) is 5.30. The third-order valence-corrected chi connectivity index (χ3v) is 5.93. The minimum Gasteiger partial charge on any atom is -0.507 e. The molecule has 0 bridgehead atoms. The Labute approximate surface area is 190 Å². The number of rotatable bonds is 13. The first-order valence-electron chi connectivity index (χ1n) is 10.4. The van der Waals surface area contributed by atoms with Crippen LogP contribution in [0.2, 0.25) is 0 Å². The second-order valence-corrected chi connectivity index (χ2v) is 8.39. The van der Waals surface area contributed by atoms with Crippen molar-refractivity contribution in [1.82, 2.24) is 0 Å². The Morgan fingerprint density at radius 1 is 1.12 bits per heavy atom. The van der Waals surface area contributed by atoms with Crippen molar-refractivity contribution in [1.29, 1.82) is 0 Å². The molecule has 0 amide bonds. The molecule has 2 aromatic carbocycles. The third kappa shape index (κ3) is 7.09. The lowest BCUT2D eigenvalue weighted by Gasteiger charge is -2.13. The molecule has 0 aliphatic heterocycles. The number of thioether (sulfide) groups is 1. The summed E-state index contributed by atoms with van der Waals surface area (Å²) < 4.78 is 19.7. The smallest absolute Gasteiger partial charge is 0.303 e. The second-order valence-electron chi connectivity index (χ2n) is 7.26. The molecule has 0 fully saturated rings. The topological polar surface area (TPSA) is 101 Å². The minimum absolute atomic E-state index is 0.0277. The van der Waals surface area contributed by atoms with Crippen LogP contribution < -0.4 is 4.74 Å². The Hall–Kier alpha value is -2.87. The van der Waals surface area contributed by atoms with Gasteiger partial charge in [-0.1, -0.05) is 13.3 Å². The second kappa shape index (κ2) is 12.2. The number of halogens is 1. The van der Waals surface area contributed by atoms with Crippen LogP contribution in [0.1, 0.15) is 65.8 Å². The summed E-state index contributed by atoms with van der Waals surface area (Å²) >= 11 is 1.54. The van der Waals surface area contributed by atoms with Gasteiger partial charge in [-0.15, -0.1) is 11.8 Å². The molecule has 2 rings (SSSR count). The normalized spacial score (nSPS) is 10.7. The highest BCUT2D eigenvalue weighted by Gasteiger charge is 2.15. The summed E-state index contributed by atoms with van der Waals surface area (Å²) in [4.78, 5) is 35.0. The molecule has 8 heteroatoms. The van der Waals surface area contributed by atoms with Crippen LogP contribution in [0.3, 0.4) is 0 Å². The number of ether oxygens (including phenoxy) is 1. The first-order chi connectivity index (χ1) is 15.2. The van der Waals surface area contributed by atoms with E-state index in [2.05, 4.69) is 0 Å². The van der Waals surface area contributed by atoms with Gasteiger partial charge in [0.15, 0.2) is 23.1 Å². The molecule has 6 nitrogen and oxygen atoms in total. The first kappa shape index (κ1) is 25.4. The largest absolute Gasteiger partial charge is 0.507 e. The molecule has 0 aromatic heterocycles. The quantitative estimate of drug-likeness (QED) is 0.237. The molecule has 172 valence electrons. The molecular formula is C24H27FO6S. The van der Waals surface area contributed by atoms with Crippen LogP contribution >= 0.6 is 11.8 Å². The fraction of sp³-hybridized carbons (Fsp3) is 0.375. The van der Waals surface area contributed by atoms with Gasteiger partial charge in [0.2, 0.25) is 0 Å². The molecule has 0 saturated carbocycles. The molecule has 0 saturated heterocycles. The number of carboxylic acids is 1. The van der Waals surface area contributed by atoms with Crippen LogP contribution in [0.5, 0.6) is 11.5 Å². The van der Waals surface area contributed by atoms with Gasteiger partial charge >= 0.3 is 5.97 Å². The Bertz CT molecular complexity index is 989. The molecule has 0 spiro atoms. The van der Waals surface area contributed by atoms with Crippen molar-refractivity contribution >= 4 is 29.3 Å². The Morgan fingerprint density at radius 3 is 2.50 bits per heavy atom. The first-order valence-corrected chi connectivity index (χ1v) is 11.4. The summed E-state index contributed by atoms with van der Waals surface area (Å²) in [5.74, 6) is -1.63. The van der Waals surface area contributed by atoms with Gasteiger partial charge in [-0.2, -0.15) is 0 Å². The van der Waals surface area contributed by atoms with Gasteiger partial charge in [0.1, 0.15) is 5.75 Å². The van der Waals surface area contributed by atoms with E-state index in [1.54, 1.807) is 6.07 Å². The highest BCUT2D eigenvalue weighted by atomic mass is 32.2. The van der Waals surface area contributed by atoms with Gasteiger partial charge in [-0.25, -0.2) is 4.39 Å². The predicted molar refractivity (Wildman–Crippen MR) is 121 cm³/mol. The molecule has 2 aromatic rings. The number of ketones is 2. The Balaban J connectivity index is 1.89. The van der Waals surface area contributed by atoms with E-state index in [9.17, 15) is 23.9 Å². The Morgan fingerprint density at radius 2 is 1.88 bits per heavy atom. The van der Waals surface area contributed by atoms with Crippen molar-refractivity contribution in [2.75, 3.05) is 12.4 Å². The van der Waals surface area contributed by atoms with Crippen LogP contribution in [-0.2, 0) is 11.2 Å². The van der Waals surface area contributed by atoms with E-state index in [1.807, 2.05) is 13.0 Å². The average molecular weight is 463 g/mol. The van der Waals surface area contributed by atoms with E-state index in [4.69, 9.17) is 9.84 Å². The van der Waals surface area contributed by atoms with Crippen molar-refractivity contribution in [3.8, 4) is 11.5 Å². The number of benzene rings is 2. The van der Waals surface area contributed by atoms with Gasteiger partial charge < -0.3 is 14.9 Å². The number of Topliss-reactive ketones (excluding diaryl/α,β-unsaturated/α-hetero) is 2. The van der Waals surface area contributed by atoms with E-state index >= 15 is 0 Å². The Kier molecular flexibility index (Phi) is 9.71. The molecule has 32 heavy (non-hydrogen) atoms. The van der Waals surface area contributed by atoms with E-state index in [-0.39, 0.29) is 42.3 Å². The zero-order valence-corrected chi connectivity index (χ0v) is 19.0. The van der Waals surface area contributed by atoms with Crippen LogP contribution in [-0.4, -0.2) is 40.1 Å². The van der Waals surface area contributed by atoms with Gasteiger partial charge in [0.05, 0.1) is 18.6 Å². The fourth-order valence-electron chi connectivity index (χ4n) is 3.11. The zero-order chi connectivity index (χ0) is 23.7. The van der Waals surface area contributed by atoms with Gasteiger partial charge in [0, 0.05) is 28.2 Å². The van der Waals surface area contributed by atoms with E-state index in [0.717, 1.165) is 22.9 Å². The minimum atomic E-state index is -1.08. The van der Waals surface area contributed by atoms with Gasteiger partial charge in [-0.3, -0.25) is 14.4 Å².